The molecule has 1 heterocycles. The minimum Gasteiger partial charge on any atom is -0.380 e. The summed E-state index contributed by atoms with van der Waals surface area (Å²) < 4.78 is 5.28. The van der Waals surface area contributed by atoms with Crippen molar-refractivity contribution in [3.05, 3.63) is 34.9 Å². The second-order valence-electron chi connectivity index (χ2n) is 7.55. The van der Waals surface area contributed by atoms with Crippen LogP contribution in [-0.2, 0) is 11.2 Å². The van der Waals surface area contributed by atoms with Crippen molar-refractivity contribution in [2.75, 3.05) is 33.4 Å². The molecule has 4 nitrogen and oxygen atoms in total. The first-order chi connectivity index (χ1) is 10.8. The van der Waals surface area contributed by atoms with Crippen LogP contribution in [0.2, 0.25) is 5.02 Å². The fourth-order valence-electron chi connectivity index (χ4n) is 2.66. The van der Waals surface area contributed by atoms with Gasteiger partial charge in [0, 0.05) is 30.6 Å². The second-order valence-corrected chi connectivity index (χ2v) is 7.99. The minimum absolute atomic E-state index is 0. The van der Waals surface area contributed by atoms with E-state index in [9.17, 15) is 0 Å². The highest BCUT2D eigenvalue weighted by Gasteiger charge is 2.33. The van der Waals surface area contributed by atoms with E-state index in [4.69, 9.17) is 16.3 Å². The molecule has 0 saturated carbocycles. The van der Waals surface area contributed by atoms with Gasteiger partial charge in [-0.1, -0.05) is 44.5 Å². The molecule has 0 bridgehead atoms. The Balaban J connectivity index is 0.00000288. The van der Waals surface area contributed by atoms with E-state index >= 15 is 0 Å². The normalized spacial score (nSPS) is 16.8. The van der Waals surface area contributed by atoms with Crippen LogP contribution in [-0.4, -0.2) is 39.3 Å². The Kier molecular flexibility index (Phi) is 8.29. The molecular weight excluding hydrogens is 437 g/mol. The number of aliphatic imine (C=N–C) groups is 1. The molecule has 0 radical (unpaired) electrons. The molecule has 0 unspecified atom stereocenters. The Bertz CT molecular complexity index is 559. The van der Waals surface area contributed by atoms with Gasteiger partial charge >= 0.3 is 0 Å². The highest BCUT2D eigenvalue weighted by molar-refractivity contribution is 14.0. The summed E-state index contributed by atoms with van der Waals surface area (Å²) in [5.74, 6) is 0.845. The summed E-state index contributed by atoms with van der Waals surface area (Å²) in [6, 6.07) is 8.07. The molecule has 1 aromatic rings. The van der Waals surface area contributed by atoms with Gasteiger partial charge in [-0.05, 0) is 29.5 Å². The van der Waals surface area contributed by atoms with Crippen LogP contribution >= 0.6 is 35.6 Å². The molecule has 0 spiro atoms. The molecule has 1 fully saturated rings. The lowest BCUT2D eigenvalue weighted by Gasteiger charge is -2.38. The van der Waals surface area contributed by atoms with Gasteiger partial charge < -0.3 is 15.4 Å². The van der Waals surface area contributed by atoms with Crippen molar-refractivity contribution in [2.45, 2.75) is 27.2 Å². The van der Waals surface area contributed by atoms with E-state index in [1.165, 1.54) is 5.56 Å². The maximum absolute atomic E-state index is 6.07. The van der Waals surface area contributed by atoms with Crippen LogP contribution in [0.4, 0.5) is 0 Å². The van der Waals surface area contributed by atoms with Crippen LogP contribution in [0.5, 0.6) is 0 Å². The molecule has 1 aliphatic rings. The molecule has 1 aliphatic heterocycles. The molecule has 1 saturated heterocycles. The second kappa shape index (κ2) is 9.25. The summed E-state index contributed by atoms with van der Waals surface area (Å²) in [6.45, 7) is 10.1. The van der Waals surface area contributed by atoms with Crippen molar-refractivity contribution in [1.29, 1.82) is 0 Å². The van der Waals surface area contributed by atoms with Gasteiger partial charge in [0.15, 0.2) is 5.96 Å². The highest BCUT2D eigenvalue weighted by atomic mass is 127. The van der Waals surface area contributed by atoms with Gasteiger partial charge in [0.25, 0.3) is 0 Å². The van der Waals surface area contributed by atoms with E-state index in [0.29, 0.717) is 0 Å². The molecular formula is C18H29ClIN3O. The van der Waals surface area contributed by atoms with Crippen LogP contribution < -0.4 is 10.6 Å². The fourth-order valence-corrected chi connectivity index (χ4v) is 2.87. The predicted octanol–water partition coefficient (Wildman–Crippen LogP) is 3.73. The molecule has 0 aromatic heterocycles. The van der Waals surface area contributed by atoms with Gasteiger partial charge in [-0.3, -0.25) is 4.99 Å². The number of nitrogens with zero attached hydrogens (tertiary/aromatic N) is 1. The zero-order valence-corrected chi connectivity index (χ0v) is 18.1. The standard InChI is InChI=1S/C18H28ClN3O.HI/c1-17(2,9-14-6-5-7-15(19)8-14)10-21-16(20-4)22-11-18(3)12-23-13-18;/h5-8H,9-13H2,1-4H3,(H2,20,21,22);1H. The van der Waals surface area contributed by atoms with Crippen LogP contribution in [0.25, 0.3) is 0 Å². The molecule has 136 valence electrons. The number of ether oxygens (including phenoxy) is 1. The summed E-state index contributed by atoms with van der Waals surface area (Å²) in [5.41, 5.74) is 1.59. The lowest BCUT2D eigenvalue weighted by molar-refractivity contribution is -0.0971. The van der Waals surface area contributed by atoms with Crippen molar-refractivity contribution in [3.8, 4) is 0 Å². The molecule has 0 amide bonds. The topological polar surface area (TPSA) is 45.7 Å². The quantitative estimate of drug-likeness (QED) is 0.382. The Labute approximate surface area is 167 Å². The van der Waals surface area contributed by atoms with E-state index in [-0.39, 0.29) is 34.8 Å². The zero-order valence-electron chi connectivity index (χ0n) is 15.0. The lowest BCUT2D eigenvalue weighted by atomic mass is 9.85. The minimum atomic E-state index is 0. The monoisotopic (exact) mass is 465 g/mol. The van der Waals surface area contributed by atoms with Gasteiger partial charge in [-0.25, -0.2) is 0 Å². The number of halogens is 2. The van der Waals surface area contributed by atoms with Gasteiger partial charge in [-0.15, -0.1) is 24.0 Å². The molecule has 2 rings (SSSR count). The third-order valence-corrected chi connectivity index (χ3v) is 4.35. The highest BCUT2D eigenvalue weighted by Crippen LogP contribution is 2.25. The van der Waals surface area contributed by atoms with Gasteiger partial charge in [0.05, 0.1) is 13.2 Å². The van der Waals surface area contributed by atoms with Gasteiger partial charge in [0.1, 0.15) is 0 Å². The Morgan fingerprint density at radius 3 is 2.58 bits per heavy atom. The van der Waals surface area contributed by atoms with Crippen LogP contribution in [0.1, 0.15) is 26.3 Å². The summed E-state index contributed by atoms with van der Waals surface area (Å²) >= 11 is 6.07. The van der Waals surface area contributed by atoms with Crippen molar-refractivity contribution in [3.63, 3.8) is 0 Å². The van der Waals surface area contributed by atoms with E-state index in [2.05, 4.69) is 42.5 Å². The Morgan fingerprint density at radius 2 is 2.04 bits per heavy atom. The maximum atomic E-state index is 6.07. The summed E-state index contributed by atoms with van der Waals surface area (Å²) in [6.07, 6.45) is 0.961. The third kappa shape index (κ3) is 6.76. The van der Waals surface area contributed by atoms with Crippen LogP contribution in [0, 0.1) is 10.8 Å². The summed E-state index contributed by atoms with van der Waals surface area (Å²) in [7, 11) is 1.80. The van der Waals surface area contributed by atoms with Gasteiger partial charge in [0.2, 0.25) is 0 Å². The maximum Gasteiger partial charge on any atom is 0.191 e. The van der Waals surface area contributed by atoms with Gasteiger partial charge in [-0.2, -0.15) is 0 Å². The average molecular weight is 466 g/mol. The number of hydrogen-bond acceptors (Lipinski definition) is 2. The fraction of sp³-hybridized carbons (Fsp3) is 0.611. The van der Waals surface area contributed by atoms with E-state index in [1.54, 1.807) is 7.05 Å². The van der Waals surface area contributed by atoms with E-state index in [0.717, 1.165) is 43.7 Å². The first-order valence-electron chi connectivity index (χ1n) is 8.09. The summed E-state index contributed by atoms with van der Waals surface area (Å²) in [5, 5.41) is 7.62. The molecule has 0 atom stereocenters. The average Bonchev–Trinajstić information content (AvgIpc) is 2.45. The van der Waals surface area contributed by atoms with E-state index in [1.807, 2.05) is 18.2 Å². The number of hydrogen-bond donors (Lipinski definition) is 2. The zero-order chi connectivity index (χ0) is 16.9. The summed E-state index contributed by atoms with van der Waals surface area (Å²) in [4.78, 5) is 4.31. The largest absolute Gasteiger partial charge is 0.380 e. The predicted molar refractivity (Wildman–Crippen MR) is 113 cm³/mol. The number of nitrogens with one attached hydrogen (secondary N) is 2. The lowest BCUT2D eigenvalue weighted by Crippen LogP contribution is -2.52. The van der Waals surface area contributed by atoms with Crippen molar-refractivity contribution >= 4 is 41.5 Å². The molecule has 6 heteroatoms. The van der Waals surface area contributed by atoms with E-state index < -0.39 is 0 Å². The van der Waals surface area contributed by atoms with Crippen LogP contribution in [0.15, 0.2) is 29.3 Å². The number of benzene rings is 1. The number of rotatable bonds is 6. The SMILES string of the molecule is CN=C(NCC(C)(C)Cc1cccc(Cl)c1)NCC1(C)COC1.I. The smallest absolute Gasteiger partial charge is 0.191 e. The molecule has 24 heavy (non-hydrogen) atoms. The van der Waals surface area contributed by atoms with Crippen molar-refractivity contribution < 1.29 is 4.74 Å². The first-order valence-corrected chi connectivity index (χ1v) is 8.46. The number of guanidine groups is 1. The first kappa shape index (κ1) is 21.5. The Hall–Kier alpha value is -0.530. The van der Waals surface area contributed by atoms with Crippen molar-refractivity contribution in [2.24, 2.45) is 15.8 Å². The molecule has 1 aromatic carbocycles. The van der Waals surface area contributed by atoms with Crippen LogP contribution in [0.3, 0.4) is 0 Å². The molecule has 2 N–H and O–H groups in total. The third-order valence-electron chi connectivity index (χ3n) is 4.11. The molecule has 0 aliphatic carbocycles. The Morgan fingerprint density at radius 1 is 1.33 bits per heavy atom. The van der Waals surface area contributed by atoms with Crippen molar-refractivity contribution in [1.82, 2.24) is 10.6 Å².